The molecule has 0 saturated carbocycles. The van der Waals surface area contributed by atoms with E-state index < -0.39 is 17.6 Å². The van der Waals surface area contributed by atoms with E-state index in [1.807, 2.05) is 41.3 Å². The Morgan fingerprint density at radius 1 is 0.867 bits per heavy atom. The van der Waals surface area contributed by atoms with Crippen molar-refractivity contribution in [3.63, 3.8) is 0 Å². The van der Waals surface area contributed by atoms with Crippen LogP contribution in [0.3, 0.4) is 0 Å². The number of amides is 1. The molecular weight excluding hydrogens is 393 g/mol. The first-order valence-electron chi connectivity index (χ1n) is 9.51. The number of piperazine rings is 1. The molecule has 1 aliphatic heterocycles. The zero-order valence-corrected chi connectivity index (χ0v) is 16.0. The minimum Gasteiger partial charge on any atom is -0.353 e. The summed E-state index contributed by atoms with van der Waals surface area (Å²) in [5, 5.41) is 0. The molecule has 0 aliphatic carbocycles. The Kier molecular flexibility index (Phi) is 5.39. The number of benzene rings is 2. The molecule has 0 atom stereocenters. The minimum atomic E-state index is -4.47. The van der Waals surface area contributed by atoms with Crippen LogP contribution in [-0.2, 0) is 6.18 Å². The number of hydrogen-bond acceptors (Lipinski definition) is 4. The van der Waals surface area contributed by atoms with Gasteiger partial charge in [-0.1, -0.05) is 36.4 Å². The van der Waals surface area contributed by atoms with Crippen LogP contribution in [-0.4, -0.2) is 47.0 Å². The van der Waals surface area contributed by atoms with Gasteiger partial charge in [-0.05, 0) is 18.2 Å². The summed E-state index contributed by atoms with van der Waals surface area (Å²) in [4.78, 5) is 25.0. The Labute approximate surface area is 171 Å². The van der Waals surface area contributed by atoms with Crippen molar-refractivity contribution in [1.29, 1.82) is 0 Å². The lowest BCUT2D eigenvalue weighted by atomic mass is 10.1. The third kappa shape index (κ3) is 4.27. The number of rotatable bonds is 3. The van der Waals surface area contributed by atoms with Crippen molar-refractivity contribution < 1.29 is 18.0 Å². The topological polar surface area (TPSA) is 49.3 Å². The van der Waals surface area contributed by atoms with Gasteiger partial charge in [-0.3, -0.25) is 4.79 Å². The highest BCUT2D eigenvalue weighted by Crippen LogP contribution is 2.30. The van der Waals surface area contributed by atoms with Gasteiger partial charge in [0.15, 0.2) is 0 Å². The molecular formula is C22H19F3N4O. The molecule has 1 amide bonds. The monoisotopic (exact) mass is 412 g/mol. The number of carbonyl (C=O) groups is 1. The highest BCUT2D eigenvalue weighted by molar-refractivity contribution is 5.94. The van der Waals surface area contributed by atoms with Gasteiger partial charge in [0.1, 0.15) is 12.1 Å². The SMILES string of the molecule is O=C(c1cccc(C(F)(F)F)c1)N1CCN(c2cc(-c3ccccc3)ncn2)CC1. The summed E-state index contributed by atoms with van der Waals surface area (Å²) in [5.41, 5.74) is 1.02. The van der Waals surface area contributed by atoms with Gasteiger partial charge in [-0.15, -0.1) is 0 Å². The Morgan fingerprint density at radius 3 is 2.30 bits per heavy atom. The van der Waals surface area contributed by atoms with Gasteiger partial charge in [0.2, 0.25) is 0 Å². The highest BCUT2D eigenvalue weighted by Gasteiger charge is 2.31. The third-order valence-electron chi connectivity index (χ3n) is 5.05. The predicted molar refractivity (Wildman–Crippen MR) is 107 cm³/mol. The minimum absolute atomic E-state index is 0.0478. The van der Waals surface area contributed by atoms with Gasteiger partial charge in [0.25, 0.3) is 5.91 Å². The van der Waals surface area contributed by atoms with Gasteiger partial charge >= 0.3 is 6.18 Å². The van der Waals surface area contributed by atoms with Crippen molar-refractivity contribution in [3.8, 4) is 11.3 Å². The van der Waals surface area contributed by atoms with Gasteiger partial charge in [0, 0.05) is 43.4 Å². The zero-order chi connectivity index (χ0) is 21.1. The van der Waals surface area contributed by atoms with E-state index in [1.54, 1.807) is 4.90 Å². The van der Waals surface area contributed by atoms with Crippen LogP contribution in [0.25, 0.3) is 11.3 Å². The molecule has 30 heavy (non-hydrogen) atoms. The van der Waals surface area contributed by atoms with E-state index in [0.717, 1.165) is 29.2 Å². The average Bonchev–Trinajstić information content (AvgIpc) is 2.79. The molecule has 4 rings (SSSR count). The molecule has 1 aromatic heterocycles. The molecule has 0 unspecified atom stereocenters. The van der Waals surface area contributed by atoms with Crippen molar-refractivity contribution in [2.24, 2.45) is 0 Å². The predicted octanol–water partition coefficient (Wildman–Crippen LogP) is 4.12. The van der Waals surface area contributed by atoms with E-state index in [1.165, 1.54) is 18.5 Å². The lowest BCUT2D eigenvalue weighted by Crippen LogP contribution is -2.49. The van der Waals surface area contributed by atoms with Crippen LogP contribution >= 0.6 is 0 Å². The average molecular weight is 412 g/mol. The molecule has 0 bridgehead atoms. The Morgan fingerprint density at radius 2 is 1.60 bits per heavy atom. The van der Waals surface area contributed by atoms with Crippen LogP contribution in [0.15, 0.2) is 67.0 Å². The van der Waals surface area contributed by atoms with Crippen molar-refractivity contribution in [3.05, 3.63) is 78.1 Å². The molecule has 3 aromatic rings. The van der Waals surface area contributed by atoms with Crippen molar-refractivity contribution in [1.82, 2.24) is 14.9 Å². The second-order valence-electron chi connectivity index (χ2n) is 6.99. The molecule has 0 radical (unpaired) electrons. The van der Waals surface area contributed by atoms with E-state index in [2.05, 4.69) is 9.97 Å². The van der Waals surface area contributed by atoms with Crippen molar-refractivity contribution in [2.75, 3.05) is 31.1 Å². The number of carbonyl (C=O) groups excluding carboxylic acids is 1. The summed E-state index contributed by atoms with van der Waals surface area (Å²) in [5.74, 6) is 0.364. The number of hydrogen-bond donors (Lipinski definition) is 0. The highest BCUT2D eigenvalue weighted by atomic mass is 19.4. The fourth-order valence-corrected chi connectivity index (χ4v) is 3.44. The summed E-state index contributed by atoms with van der Waals surface area (Å²) in [6.45, 7) is 1.88. The van der Waals surface area contributed by atoms with E-state index in [-0.39, 0.29) is 5.56 Å². The lowest BCUT2D eigenvalue weighted by molar-refractivity contribution is -0.137. The summed E-state index contributed by atoms with van der Waals surface area (Å²) < 4.78 is 38.8. The van der Waals surface area contributed by atoms with Crippen LogP contribution in [0, 0.1) is 0 Å². The van der Waals surface area contributed by atoms with Gasteiger partial charge in [-0.2, -0.15) is 13.2 Å². The fraction of sp³-hybridized carbons (Fsp3) is 0.227. The number of alkyl halides is 3. The maximum Gasteiger partial charge on any atom is 0.416 e. The number of halogens is 3. The normalized spacial score (nSPS) is 14.6. The van der Waals surface area contributed by atoms with E-state index >= 15 is 0 Å². The molecule has 2 aromatic carbocycles. The molecule has 1 saturated heterocycles. The number of aromatic nitrogens is 2. The maximum atomic E-state index is 12.9. The van der Waals surface area contributed by atoms with Crippen molar-refractivity contribution in [2.45, 2.75) is 6.18 Å². The van der Waals surface area contributed by atoms with Crippen LogP contribution in [0.5, 0.6) is 0 Å². The second-order valence-corrected chi connectivity index (χ2v) is 6.99. The summed E-state index contributed by atoms with van der Waals surface area (Å²) >= 11 is 0. The van der Waals surface area contributed by atoms with Gasteiger partial charge < -0.3 is 9.80 Å². The molecule has 1 aliphatic rings. The number of nitrogens with zero attached hydrogens (tertiary/aromatic N) is 4. The van der Waals surface area contributed by atoms with Gasteiger partial charge in [0.05, 0.1) is 11.3 Å². The van der Waals surface area contributed by atoms with E-state index in [9.17, 15) is 18.0 Å². The largest absolute Gasteiger partial charge is 0.416 e. The first-order valence-corrected chi connectivity index (χ1v) is 9.51. The van der Waals surface area contributed by atoms with Crippen LogP contribution in [0.4, 0.5) is 19.0 Å². The van der Waals surface area contributed by atoms with E-state index in [0.29, 0.717) is 26.2 Å². The Hall–Kier alpha value is -3.42. The molecule has 154 valence electrons. The fourth-order valence-electron chi connectivity index (χ4n) is 3.44. The maximum absolute atomic E-state index is 12.9. The van der Waals surface area contributed by atoms with Crippen LogP contribution < -0.4 is 4.90 Å². The Balaban J connectivity index is 1.44. The molecule has 8 heteroatoms. The summed E-state index contributed by atoms with van der Waals surface area (Å²) in [6, 6.07) is 16.2. The molecule has 5 nitrogen and oxygen atoms in total. The summed E-state index contributed by atoms with van der Waals surface area (Å²) in [6.07, 6.45) is -2.96. The molecule has 2 heterocycles. The lowest BCUT2D eigenvalue weighted by Gasteiger charge is -2.35. The zero-order valence-electron chi connectivity index (χ0n) is 16.0. The Bertz CT molecular complexity index is 1030. The van der Waals surface area contributed by atoms with E-state index in [4.69, 9.17) is 0 Å². The standard InChI is InChI=1S/C22H19F3N4O/c23-22(24,25)18-8-4-7-17(13-18)21(30)29-11-9-28(10-12-29)20-14-19(26-15-27-20)16-5-2-1-3-6-16/h1-8,13-15H,9-12H2. The van der Waals surface area contributed by atoms with Crippen LogP contribution in [0.1, 0.15) is 15.9 Å². The molecule has 0 spiro atoms. The quantitative estimate of drug-likeness (QED) is 0.649. The van der Waals surface area contributed by atoms with Crippen molar-refractivity contribution >= 4 is 11.7 Å². The molecule has 0 N–H and O–H groups in total. The summed E-state index contributed by atoms with van der Waals surface area (Å²) in [7, 11) is 0. The van der Waals surface area contributed by atoms with Crippen LogP contribution in [0.2, 0.25) is 0 Å². The first kappa shape index (κ1) is 19.9. The second kappa shape index (κ2) is 8.14. The van der Waals surface area contributed by atoms with Gasteiger partial charge in [-0.25, -0.2) is 9.97 Å². The molecule has 1 fully saturated rings. The third-order valence-corrected chi connectivity index (χ3v) is 5.05. The number of anilines is 1. The smallest absolute Gasteiger partial charge is 0.353 e. The first-order chi connectivity index (χ1) is 14.4.